The second-order valence-corrected chi connectivity index (χ2v) is 6.87. The maximum Gasteiger partial charge on any atom is 0.273 e. The molecule has 0 radical (unpaired) electrons. The van der Waals surface area contributed by atoms with Gasteiger partial charge in [0.1, 0.15) is 11.8 Å². The number of rotatable bonds is 5. The van der Waals surface area contributed by atoms with Gasteiger partial charge in [-0.3, -0.25) is 4.79 Å². The van der Waals surface area contributed by atoms with Crippen LogP contribution in [0.4, 0.5) is 5.82 Å². The Morgan fingerprint density at radius 1 is 1.27 bits per heavy atom. The van der Waals surface area contributed by atoms with Gasteiger partial charge in [0.2, 0.25) is 0 Å². The Kier molecular flexibility index (Phi) is 4.52. The van der Waals surface area contributed by atoms with Gasteiger partial charge in [-0.1, -0.05) is 5.16 Å². The van der Waals surface area contributed by atoms with Crippen molar-refractivity contribution in [2.45, 2.75) is 31.6 Å². The van der Waals surface area contributed by atoms with E-state index < -0.39 is 0 Å². The fourth-order valence-electron chi connectivity index (χ4n) is 3.27. The molecule has 0 aromatic carbocycles. The van der Waals surface area contributed by atoms with Crippen LogP contribution < -0.4 is 10.2 Å². The number of nitrogens with one attached hydrogen (secondary N) is 1. The largest absolute Gasteiger partial charge is 0.360 e. The molecule has 1 amide bonds. The van der Waals surface area contributed by atoms with Crippen LogP contribution >= 0.6 is 0 Å². The molecular formula is C18H20N6O2. The van der Waals surface area contributed by atoms with Gasteiger partial charge in [-0.2, -0.15) is 5.26 Å². The summed E-state index contributed by atoms with van der Waals surface area (Å²) in [5, 5.41) is 16.0. The van der Waals surface area contributed by atoms with Crippen molar-refractivity contribution >= 4 is 11.7 Å². The smallest absolute Gasteiger partial charge is 0.273 e. The molecule has 2 aliphatic rings. The predicted molar refractivity (Wildman–Crippen MR) is 92.5 cm³/mol. The van der Waals surface area contributed by atoms with Crippen LogP contribution in [0.15, 0.2) is 23.0 Å². The van der Waals surface area contributed by atoms with Gasteiger partial charge in [0.25, 0.3) is 5.91 Å². The monoisotopic (exact) mass is 352 g/mol. The van der Waals surface area contributed by atoms with Crippen molar-refractivity contribution in [3.8, 4) is 6.07 Å². The molecule has 1 aliphatic carbocycles. The molecule has 0 spiro atoms. The number of nitrogens with zero attached hydrogens (tertiary/aromatic N) is 5. The van der Waals surface area contributed by atoms with Crippen LogP contribution in [0.3, 0.4) is 0 Å². The highest BCUT2D eigenvalue weighted by molar-refractivity contribution is 5.92. The van der Waals surface area contributed by atoms with Gasteiger partial charge in [0.05, 0.1) is 0 Å². The lowest BCUT2D eigenvalue weighted by atomic mass is 9.96. The molecule has 26 heavy (non-hydrogen) atoms. The minimum Gasteiger partial charge on any atom is -0.360 e. The summed E-state index contributed by atoms with van der Waals surface area (Å²) in [5.41, 5.74) is 0.722. The molecule has 2 aromatic rings. The molecular weight excluding hydrogens is 332 g/mol. The molecule has 1 aliphatic heterocycles. The average Bonchev–Trinajstić information content (AvgIpc) is 3.43. The number of nitriles is 1. The molecule has 2 aromatic heterocycles. The van der Waals surface area contributed by atoms with Crippen molar-refractivity contribution in [3.63, 3.8) is 0 Å². The molecule has 8 nitrogen and oxygen atoms in total. The van der Waals surface area contributed by atoms with Crippen LogP contribution in [0, 0.1) is 17.2 Å². The van der Waals surface area contributed by atoms with Crippen LogP contribution in [-0.2, 0) is 0 Å². The fourth-order valence-corrected chi connectivity index (χ4v) is 3.27. The van der Waals surface area contributed by atoms with Gasteiger partial charge in [-0.15, -0.1) is 0 Å². The number of hydrogen-bond acceptors (Lipinski definition) is 7. The lowest BCUT2D eigenvalue weighted by Gasteiger charge is -2.32. The standard InChI is InChI=1S/C18H20N6O2/c19-10-15-17(21-6-5-20-15)24-7-3-12(4-8-24)11-22-18(25)14-9-16(26-23-14)13-1-2-13/h5-6,9,12-13H,1-4,7-8,11H2,(H,22,25). The van der Waals surface area contributed by atoms with E-state index in [0.717, 1.165) is 44.5 Å². The highest BCUT2D eigenvalue weighted by Crippen LogP contribution is 2.40. The number of amides is 1. The van der Waals surface area contributed by atoms with E-state index in [1.807, 2.05) is 0 Å². The van der Waals surface area contributed by atoms with Gasteiger partial charge in [0.15, 0.2) is 17.2 Å². The SMILES string of the molecule is N#Cc1nccnc1N1CCC(CNC(=O)c2cc(C3CC3)on2)CC1. The summed E-state index contributed by atoms with van der Waals surface area (Å²) in [6.45, 7) is 2.21. The van der Waals surface area contributed by atoms with E-state index in [0.29, 0.717) is 35.6 Å². The number of hydrogen-bond donors (Lipinski definition) is 1. The second kappa shape index (κ2) is 7.12. The first-order chi connectivity index (χ1) is 12.7. The molecule has 4 rings (SSSR count). The minimum absolute atomic E-state index is 0.177. The highest BCUT2D eigenvalue weighted by Gasteiger charge is 2.29. The Morgan fingerprint density at radius 2 is 2.04 bits per heavy atom. The Hall–Kier alpha value is -2.95. The third kappa shape index (κ3) is 3.52. The Labute approximate surface area is 151 Å². The molecule has 1 saturated heterocycles. The van der Waals surface area contributed by atoms with Gasteiger partial charge < -0.3 is 14.7 Å². The summed E-state index contributed by atoms with van der Waals surface area (Å²) in [7, 11) is 0. The van der Waals surface area contributed by atoms with Gasteiger partial charge in [-0.25, -0.2) is 9.97 Å². The summed E-state index contributed by atoms with van der Waals surface area (Å²) in [5.74, 6) is 2.14. The zero-order chi connectivity index (χ0) is 17.9. The Morgan fingerprint density at radius 3 is 2.77 bits per heavy atom. The maximum absolute atomic E-state index is 12.2. The maximum atomic E-state index is 12.2. The van der Waals surface area contributed by atoms with Crippen LogP contribution in [0.1, 0.15) is 53.5 Å². The van der Waals surface area contributed by atoms with E-state index in [2.05, 4.69) is 31.4 Å². The zero-order valence-corrected chi connectivity index (χ0v) is 14.4. The lowest BCUT2D eigenvalue weighted by Crippen LogP contribution is -2.39. The molecule has 0 bridgehead atoms. The quantitative estimate of drug-likeness (QED) is 0.875. The first kappa shape index (κ1) is 16.5. The van der Waals surface area contributed by atoms with Crippen molar-refractivity contribution in [3.05, 3.63) is 35.6 Å². The summed E-state index contributed by atoms with van der Waals surface area (Å²) in [4.78, 5) is 22.7. The van der Waals surface area contributed by atoms with Crippen molar-refractivity contribution < 1.29 is 9.32 Å². The average molecular weight is 352 g/mol. The van der Waals surface area contributed by atoms with Crippen LogP contribution in [-0.4, -0.2) is 40.7 Å². The Balaban J connectivity index is 1.27. The first-order valence-electron chi connectivity index (χ1n) is 8.95. The highest BCUT2D eigenvalue weighted by atomic mass is 16.5. The summed E-state index contributed by atoms with van der Waals surface area (Å²) in [6, 6.07) is 3.85. The lowest BCUT2D eigenvalue weighted by molar-refractivity contribution is 0.0935. The molecule has 1 N–H and O–H groups in total. The van der Waals surface area contributed by atoms with E-state index in [-0.39, 0.29) is 5.91 Å². The van der Waals surface area contributed by atoms with Gasteiger partial charge in [0, 0.05) is 44.0 Å². The summed E-state index contributed by atoms with van der Waals surface area (Å²) >= 11 is 0. The molecule has 0 unspecified atom stereocenters. The molecule has 2 fully saturated rings. The number of piperidine rings is 1. The molecule has 3 heterocycles. The third-order valence-corrected chi connectivity index (χ3v) is 4.99. The molecule has 0 atom stereocenters. The Bertz CT molecular complexity index is 830. The van der Waals surface area contributed by atoms with Crippen molar-refractivity contribution in [1.82, 2.24) is 20.4 Å². The molecule has 8 heteroatoms. The van der Waals surface area contributed by atoms with Gasteiger partial charge in [-0.05, 0) is 31.6 Å². The van der Waals surface area contributed by atoms with E-state index >= 15 is 0 Å². The van der Waals surface area contributed by atoms with Gasteiger partial charge >= 0.3 is 0 Å². The third-order valence-electron chi connectivity index (χ3n) is 4.99. The second-order valence-electron chi connectivity index (χ2n) is 6.87. The zero-order valence-electron chi connectivity index (χ0n) is 14.4. The fraction of sp³-hybridized carbons (Fsp3) is 0.500. The van der Waals surface area contributed by atoms with Crippen molar-refractivity contribution in [2.75, 3.05) is 24.5 Å². The normalized spacial score (nSPS) is 17.7. The predicted octanol–water partition coefficient (Wildman–Crippen LogP) is 1.86. The van der Waals surface area contributed by atoms with Crippen molar-refractivity contribution in [2.24, 2.45) is 5.92 Å². The van der Waals surface area contributed by atoms with Crippen LogP contribution in [0.5, 0.6) is 0 Å². The van der Waals surface area contributed by atoms with E-state index in [9.17, 15) is 4.79 Å². The number of aromatic nitrogens is 3. The number of anilines is 1. The van der Waals surface area contributed by atoms with E-state index in [4.69, 9.17) is 9.78 Å². The topological polar surface area (TPSA) is 108 Å². The minimum atomic E-state index is -0.177. The van der Waals surface area contributed by atoms with E-state index in [1.165, 1.54) is 6.20 Å². The van der Waals surface area contributed by atoms with E-state index in [1.54, 1.807) is 12.3 Å². The van der Waals surface area contributed by atoms with Crippen LogP contribution in [0.2, 0.25) is 0 Å². The molecule has 134 valence electrons. The summed E-state index contributed by atoms with van der Waals surface area (Å²) < 4.78 is 5.23. The summed E-state index contributed by atoms with van der Waals surface area (Å²) in [6.07, 6.45) is 7.23. The van der Waals surface area contributed by atoms with Crippen LogP contribution in [0.25, 0.3) is 0 Å². The first-order valence-corrected chi connectivity index (χ1v) is 8.95. The number of carbonyl (C=O) groups is 1. The number of carbonyl (C=O) groups excluding carboxylic acids is 1. The molecule has 1 saturated carbocycles. The van der Waals surface area contributed by atoms with Crippen molar-refractivity contribution in [1.29, 1.82) is 5.26 Å².